The first-order chi connectivity index (χ1) is 14.4. The second-order valence-electron chi connectivity index (χ2n) is 7.19. The summed E-state index contributed by atoms with van der Waals surface area (Å²) in [4.78, 5) is 27.5. The van der Waals surface area contributed by atoms with E-state index in [0.717, 1.165) is 4.90 Å². The number of hydrogen-bond acceptors (Lipinski definition) is 6. The predicted molar refractivity (Wildman–Crippen MR) is 114 cm³/mol. The summed E-state index contributed by atoms with van der Waals surface area (Å²) < 4.78 is 0. The molecule has 154 valence electrons. The van der Waals surface area contributed by atoms with Crippen molar-refractivity contribution in [1.82, 2.24) is 0 Å². The predicted octanol–water partition coefficient (Wildman–Crippen LogP) is 2.42. The minimum atomic E-state index is -1.35. The lowest BCUT2D eigenvalue weighted by Gasteiger charge is -2.32. The van der Waals surface area contributed by atoms with E-state index < -0.39 is 37.2 Å². The van der Waals surface area contributed by atoms with Crippen molar-refractivity contribution in [3.63, 3.8) is 0 Å². The van der Waals surface area contributed by atoms with E-state index in [1.165, 1.54) is 0 Å². The number of carbonyl (C=O) groups is 2. The Morgan fingerprint density at radius 2 is 1.50 bits per heavy atom. The number of halogens is 1. The van der Waals surface area contributed by atoms with Crippen molar-refractivity contribution >= 4 is 45.6 Å². The van der Waals surface area contributed by atoms with E-state index in [0.29, 0.717) is 38.3 Å². The lowest BCUT2D eigenvalue weighted by molar-refractivity contribution is 0.0833. The Kier molecular flexibility index (Phi) is 5.21. The van der Waals surface area contributed by atoms with Crippen LogP contribution in [0.1, 0.15) is 20.7 Å². The topological polar surface area (TPSA) is 110 Å². The van der Waals surface area contributed by atoms with Gasteiger partial charge in [0.2, 0.25) is 0 Å². The van der Waals surface area contributed by atoms with Crippen LogP contribution in [0.3, 0.4) is 0 Å². The van der Waals surface area contributed by atoms with Crippen molar-refractivity contribution in [3.05, 3.63) is 70.7 Å². The number of benzene rings is 3. The van der Waals surface area contributed by atoms with Gasteiger partial charge < -0.3 is 20.6 Å². The lowest BCUT2D eigenvalue weighted by atomic mass is 9.91. The minimum absolute atomic E-state index is 0.341. The third kappa shape index (κ3) is 3.12. The Bertz CT molecular complexity index is 1130. The number of imide groups is 1. The van der Waals surface area contributed by atoms with Gasteiger partial charge in [-0.05, 0) is 36.4 Å². The number of amides is 2. The molecule has 0 saturated carbocycles. The highest BCUT2D eigenvalue weighted by Crippen LogP contribution is 2.37. The molecule has 4 N–H and O–H groups in total. The Labute approximate surface area is 177 Å². The molecule has 7 nitrogen and oxygen atoms in total. The van der Waals surface area contributed by atoms with Crippen molar-refractivity contribution in [2.45, 2.75) is 5.54 Å². The molecule has 2 amide bonds. The fourth-order valence-electron chi connectivity index (χ4n) is 3.61. The second kappa shape index (κ2) is 7.70. The monoisotopic (exact) mass is 426 g/mol. The highest BCUT2D eigenvalue weighted by molar-refractivity contribution is 6.37. The van der Waals surface area contributed by atoms with E-state index in [4.69, 9.17) is 11.6 Å². The van der Waals surface area contributed by atoms with Gasteiger partial charge in [-0.2, -0.15) is 0 Å². The summed E-state index contributed by atoms with van der Waals surface area (Å²) in [6.07, 6.45) is 0. The molecule has 0 bridgehead atoms. The maximum absolute atomic E-state index is 13.2. The van der Waals surface area contributed by atoms with Gasteiger partial charge in [-0.15, -0.1) is 0 Å². The van der Waals surface area contributed by atoms with Gasteiger partial charge in [0.05, 0.1) is 25.5 Å². The van der Waals surface area contributed by atoms with Crippen molar-refractivity contribution in [3.8, 4) is 0 Å². The number of carbonyl (C=O) groups excluding carboxylic acids is 2. The Morgan fingerprint density at radius 3 is 2.13 bits per heavy atom. The third-order valence-electron chi connectivity index (χ3n) is 5.28. The fraction of sp³-hybridized carbons (Fsp3) is 0.182. The number of hydrogen-bond donors (Lipinski definition) is 4. The molecule has 0 aromatic heterocycles. The number of rotatable bonds is 6. The molecule has 0 unspecified atom stereocenters. The zero-order chi connectivity index (χ0) is 21.5. The van der Waals surface area contributed by atoms with E-state index in [1.54, 1.807) is 54.6 Å². The van der Waals surface area contributed by atoms with Crippen LogP contribution in [-0.2, 0) is 0 Å². The first-order valence-electron chi connectivity index (χ1n) is 9.25. The Hall–Kier alpha value is -2.97. The number of aliphatic hydroxyl groups excluding tert-OH is 3. The highest BCUT2D eigenvalue weighted by Gasteiger charge is 2.35. The average molecular weight is 427 g/mol. The number of nitrogens with one attached hydrogen (secondary N) is 1. The number of aliphatic hydroxyl groups is 3. The van der Waals surface area contributed by atoms with Crippen LogP contribution in [0.4, 0.5) is 11.4 Å². The molecule has 4 rings (SSSR count). The smallest absolute Gasteiger partial charge is 0.265 e. The van der Waals surface area contributed by atoms with Gasteiger partial charge >= 0.3 is 0 Å². The largest absolute Gasteiger partial charge is 0.394 e. The molecule has 3 aromatic rings. The van der Waals surface area contributed by atoms with Gasteiger partial charge in [0.25, 0.3) is 11.8 Å². The van der Waals surface area contributed by atoms with Crippen LogP contribution < -0.4 is 10.2 Å². The van der Waals surface area contributed by atoms with Gasteiger partial charge in [0, 0.05) is 32.6 Å². The van der Waals surface area contributed by atoms with E-state index in [2.05, 4.69) is 5.32 Å². The summed E-state index contributed by atoms with van der Waals surface area (Å²) in [5, 5.41) is 33.3. The van der Waals surface area contributed by atoms with Gasteiger partial charge in [-0.1, -0.05) is 29.8 Å². The van der Waals surface area contributed by atoms with E-state index in [-0.39, 0.29) is 0 Å². The maximum Gasteiger partial charge on any atom is 0.265 e. The molecule has 0 aliphatic carbocycles. The van der Waals surface area contributed by atoms with Gasteiger partial charge in [0.1, 0.15) is 5.54 Å². The lowest BCUT2D eigenvalue weighted by Crippen LogP contribution is -2.49. The van der Waals surface area contributed by atoms with Crippen molar-refractivity contribution in [2.24, 2.45) is 0 Å². The molecule has 1 aliphatic rings. The maximum atomic E-state index is 13.2. The second-order valence-corrected chi connectivity index (χ2v) is 7.63. The molecule has 1 aliphatic heterocycles. The summed E-state index contributed by atoms with van der Waals surface area (Å²) in [6.45, 7) is -1.53. The zero-order valence-electron chi connectivity index (χ0n) is 15.8. The minimum Gasteiger partial charge on any atom is -0.394 e. The highest BCUT2D eigenvalue weighted by atomic mass is 35.5. The normalized spacial score (nSPS) is 13.8. The van der Waals surface area contributed by atoms with Crippen molar-refractivity contribution in [1.29, 1.82) is 0 Å². The summed E-state index contributed by atoms with van der Waals surface area (Å²) in [6, 6.07) is 14.8. The molecule has 0 saturated heterocycles. The third-order valence-corrected chi connectivity index (χ3v) is 5.52. The van der Waals surface area contributed by atoms with Gasteiger partial charge in [-0.3, -0.25) is 9.59 Å². The summed E-state index contributed by atoms with van der Waals surface area (Å²) in [7, 11) is 0. The van der Waals surface area contributed by atoms with Gasteiger partial charge in [-0.25, -0.2) is 4.90 Å². The van der Waals surface area contributed by atoms with Crippen LogP contribution in [0, 0.1) is 0 Å². The molecule has 0 spiro atoms. The van der Waals surface area contributed by atoms with Crippen LogP contribution in [0.2, 0.25) is 5.02 Å². The van der Waals surface area contributed by atoms with E-state index >= 15 is 0 Å². The molecular formula is C22H19ClN2O5. The number of anilines is 2. The molecule has 0 radical (unpaired) electrons. The number of nitrogens with zero attached hydrogens (tertiary/aromatic N) is 1. The quantitative estimate of drug-likeness (QED) is 0.451. The Balaban J connectivity index is 1.87. The fourth-order valence-corrected chi connectivity index (χ4v) is 3.79. The molecule has 1 heterocycles. The summed E-state index contributed by atoms with van der Waals surface area (Å²) in [5.41, 5.74) is 0.184. The van der Waals surface area contributed by atoms with Crippen LogP contribution >= 0.6 is 11.6 Å². The zero-order valence-corrected chi connectivity index (χ0v) is 16.6. The summed E-state index contributed by atoms with van der Waals surface area (Å²) in [5.74, 6) is -0.953. The standard InChI is InChI=1S/C22H19ClN2O5/c23-13-3-1-4-14(9-13)25-20(29)16-6-2-5-15-18(24-22(10-26,11-27)12-28)8-7-17(19(15)16)21(25)30/h1-9,24,26-28H,10-12H2. The van der Waals surface area contributed by atoms with E-state index in [1.807, 2.05) is 0 Å². The molecule has 8 heteroatoms. The van der Waals surface area contributed by atoms with Crippen LogP contribution in [0.15, 0.2) is 54.6 Å². The molecule has 0 atom stereocenters. The average Bonchev–Trinajstić information content (AvgIpc) is 2.76. The molecular weight excluding hydrogens is 408 g/mol. The first kappa shape index (κ1) is 20.3. The van der Waals surface area contributed by atoms with Crippen LogP contribution in [0.25, 0.3) is 10.8 Å². The molecule has 3 aromatic carbocycles. The molecule has 0 fully saturated rings. The van der Waals surface area contributed by atoms with E-state index in [9.17, 15) is 24.9 Å². The van der Waals surface area contributed by atoms with Crippen LogP contribution in [-0.4, -0.2) is 52.5 Å². The summed E-state index contributed by atoms with van der Waals surface area (Å²) >= 11 is 6.05. The molecule has 30 heavy (non-hydrogen) atoms. The SMILES string of the molecule is O=C1c2cccc3c(NC(CO)(CO)CO)ccc(c23)C(=O)N1c1cccc(Cl)c1. The Morgan fingerprint density at radius 1 is 0.867 bits per heavy atom. The van der Waals surface area contributed by atoms with Crippen molar-refractivity contribution < 1.29 is 24.9 Å². The first-order valence-corrected chi connectivity index (χ1v) is 9.63. The van der Waals surface area contributed by atoms with Crippen LogP contribution in [0.5, 0.6) is 0 Å². The van der Waals surface area contributed by atoms with Crippen molar-refractivity contribution in [2.75, 3.05) is 30.0 Å². The van der Waals surface area contributed by atoms with Gasteiger partial charge in [0.15, 0.2) is 0 Å².